The zero-order valence-corrected chi connectivity index (χ0v) is 16.0. The summed E-state index contributed by atoms with van der Waals surface area (Å²) in [5, 5.41) is 3.46. The minimum Gasteiger partial charge on any atom is -0.236 e. The van der Waals surface area contributed by atoms with Gasteiger partial charge in [-0.3, -0.25) is 0 Å². The van der Waals surface area contributed by atoms with E-state index in [9.17, 15) is 0 Å². The van der Waals surface area contributed by atoms with Crippen molar-refractivity contribution < 1.29 is 0 Å². The molecule has 0 aliphatic carbocycles. The van der Waals surface area contributed by atoms with Gasteiger partial charge in [-0.25, -0.2) is 9.97 Å². The summed E-state index contributed by atoms with van der Waals surface area (Å²) < 4.78 is 0. The van der Waals surface area contributed by atoms with Crippen molar-refractivity contribution in [3.05, 3.63) is 96.3 Å². The van der Waals surface area contributed by atoms with Crippen molar-refractivity contribution in [2.24, 2.45) is 0 Å². The summed E-state index contributed by atoms with van der Waals surface area (Å²) in [6, 6.07) is 27.7. The first kappa shape index (κ1) is 16.6. The highest BCUT2D eigenvalue weighted by Gasteiger charge is 2.15. The van der Waals surface area contributed by atoms with E-state index in [0.29, 0.717) is 0 Å². The molecule has 5 rings (SSSR count). The third-order valence-electron chi connectivity index (χ3n) is 5.48. The molecule has 0 spiro atoms. The summed E-state index contributed by atoms with van der Waals surface area (Å²) >= 11 is 0. The summed E-state index contributed by atoms with van der Waals surface area (Å²) in [7, 11) is 0. The molecule has 2 nitrogen and oxygen atoms in total. The average molecular weight is 360 g/mol. The molecule has 134 valence electrons. The summed E-state index contributed by atoms with van der Waals surface area (Å²) in [5.41, 5.74) is 7.89. The molecule has 0 saturated carbocycles. The van der Waals surface area contributed by atoms with Gasteiger partial charge in [0.15, 0.2) is 5.65 Å². The normalized spacial score (nSPS) is 11.2. The highest BCUT2D eigenvalue weighted by atomic mass is 14.8. The summed E-state index contributed by atoms with van der Waals surface area (Å²) in [4.78, 5) is 9.50. The van der Waals surface area contributed by atoms with E-state index in [1.165, 1.54) is 33.2 Å². The molecular formula is C26H20N2. The van der Waals surface area contributed by atoms with Crippen molar-refractivity contribution >= 4 is 21.8 Å². The van der Waals surface area contributed by atoms with Gasteiger partial charge in [-0.15, -0.1) is 0 Å². The first-order valence-corrected chi connectivity index (χ1v) is 9.53. The fourth-order valence-corrected chi connectivity index (χ4v) is 3.93. The van der Waals surface area contributed by atoms with Crippen molar-refractivity contribution in [1.82, 2.24) is 9.97 Å². The van der Waals surface area contributed by atoms with Crippen LogP contribution in [0.4, 0.5) is 0 Å². The Labute approximate surface area is 164 Å². The second-order valence-corrected chi connectivity index (χ2v) is 7.19. The molecule has 2 heterocycles. The molecule has 2 heteroatoms. The standard InChI is InChI=1S/C26H20N2/c1-17-18(2)28-26-25(24(17)20-11-7-4-8-12-20)23-14-13-21(15-22(23)16-27-26)19-9-5-3-6-10-19/h3-16H,1-2H3. The van der Waals surface area contributed by atoms with Gasteiger partial charge in [0.25, 0.3) is 0 Å². The van der Waals surface area contributed by atoms with Crippen LogP contribution in [0.25, 0.3) is 44.1 Å². The van der Waals surface area contributed by atoms with E-state index in [1.807, 2.05) is 12.3 Å². The second kappa shape index (κ2) is 6.58. The molecule has 0 unspecified atom stereocenters. The summed E-state index contributed by atoms with van der Waals surface area (Å²) in [6.07, 6.45) is 1.95. The lowest BCUT2D eigenvalue weighted by atomic mass is 9.93. The molecular weight excluding hydrogens is 340 g/mol. The maximum Gasteiger partial charge on any atom is 0.160 e. The smallest absolute Gasteiger partial charge is 0.160 e. The van der Waals surface area contributed by atoms with E-state index < -0.39 is 0 Å². The third kappa shape index (κ3) is 2.66. The van der Waals surface area contributed by atoms with Crippen LogP contribution in [0, 0.1) is 13.8 Å². The largest absolute Gasteiger partial charge is 0.236 e. The van der Waals surface area contributed by atoms with E-state index >= 15 is 0 Å². The molecule has 0 atom stereocenters. The van der Waals surface area contributed by atoms with E-state index in [2.05, 4.69) is 86.6 Å². The van der Waals surface area contributed by atoms with Crippen LogP contribution in [-0.4, -0.2) is 9.97 Å². The average Bonchev–Trinajstić information content (AvgIpc) is 2.75. The molecule has 0 fully saturated rings. The number of aromatic nitrogens is 2. The van der Waals surface area contributed by atoms with Crippen LogP contribution in [0.5, 0.6) is 0 Å². The van der Waals surface area contributed by atoms with Crippen molar-refractivity contribution in [2.45, 2.75) is 13.8 Å². The molecule has 5 aromatic rings. The first-order chi connectivity index (χ1) is 13.7. The van der Waals surface area contributed by atoms with Crippen LogP contribution in [0.2, 0.25) is 0 Å². The van der Waals surface area contributed by atoms with Gasteiger partial charge in [-0.1, -0.05) is 72.8 Å². The van der Waals surface area contributed by atoms with E-state index in [4.69, 9.17) is 9.97 Å². The lowest BCUT2D eigenvalue weighted by Crippen LogP contribution is -1.97. The Morgan fingerprint density at radius 2 is 1.36 bits per heavy atom. The number of nitrogens with zero attached hydrogens (tertiary/aromatic N) is 2. The highest BCUT2D eigenvalue weighted by molar-refractivity contribution is 6.13. The molecule has 0 bridgehead atoms. The molecule has 0 N–H and O–H groups in total. The van der Waals surface area contributed by atoms with Crippen LogP contribution >= 0.6 is 0 Å². The second-order valence-electron chi connectivity index (χ2n) is 7.19. The van der Waals surface area contributed by atoms with Crippen LogP contribution in [-0.2, 0) is 0 Å². The topological polar surface area (TPSA) is 25.8 Å². The van der Waals surface area contributed by atoms with Gasteiger partial charge in [0, 0.05) is 22.7 Å². The van der Waals surface area contributed by atoms with E-state index in [0.717, 1.165) is 22.1 Å². The Bertz CT molecular complexity index is 1310. The first-order valence-electron chi connectivity index (χ1n) is 9.53. The molecule has 0 saturated heterocycles. The zero-order chi connectivity index (χ0) is 19.1. The number of hydrogen-bond donors (Lipinski definition) is 0. The van der Waals surface area contributed by atoms with Crippen molar-refractivity contribution in [2.75, 3.05) is 0 Å². The van der Waals surface area contributed by atoms with Gasteiger partial charge in [-0.05, 0) is 53.1 Å². The lowest BCUT2D eigenvalue weighted by Gasteiger charge is -2.15. The number of fused-ring (bicyclic) bond motifs is 3. The number of pyridine rings is 2. The molecule has 0 amide bonds. The molecule has 0 aliphatic heterocycles. The van der Waals surface area contributed by atoms with Gasteiger partial charge in [0.2, 0.25) is 0 Å². The summed E-state index contributed by atoms with van der Waals surface area (Å²) in [6.45, 7) is 4.22. The highest BCUT2D eigenvalue weighted by Crippen LogP contribution is 2.37. The number of aryl methyl sites for hydroxylation is 1. The third-order valence-corrected chi connectivity index (χ3v) is 5.48. The van der Waals surface area contributed by atoms with Crippen LogP contribution in [0.15, 0.2) is 85.1 Å². The van der Waals surface area contributed by atoms with Crippen LogP contribution in [0.1, 0.15) is 11.3 Å². The van der Waals surface area contributed by atoms with Crippen molar-refractivity contribution in [3.8, 4) is 22.3 Å². The molecule has 0 radical (unpaired) electrons. The zero-order valence-electron chi connectivity index (χ0n) is 16.0. The Morgan fingerprint density at radius 3 is 2.07 bits per heavy atom. The maximum absolute atomic E-state index is 4.78. The Hall–Kier alpha value is -3.52. The molecule has 2 aromatic heterocycles. The lowest BCUT2D eigenvalue weighted by molar-refractivity contribution is 1.17. The molecule has 3 aromatic carbocycles. The number of rotatable bonds is 2. The van der Waals surface area contributed by atoms with Gasteiger partial charge in [0.05, 0.1) is 0 Å². The monoisotopic (exact) mass is 360 g/mol. The van der Waals surface area contributed by atoms with Crippen LogP contribution in [0.3, 0.4) is 0 Å². The van der Waals surface area contributed by atoms with E-state index in [1.54, 1.807) is 0 Å². The molecule has 0 aliphatic rings. The minimum absolute atomic E-state index is 0.807. The quantitative estimate of drug-likeness (QED) is 0.326. The minimum atomic E-state index is 0.807. The number of hydrogen-bond acceptors (Lipinski definition) is 2. The SMILES string of the molecule is Cc1nc2ncc3cc(-c4ccccc4)ccc3c2c(-c2ccccc2)c1C. The van der Waals surface area contributed by atoms with Crippen LogP contribution < -0.4 is 0 Å². The predicted molar refractivity (Wildman–Crippen MR) is 117 cm³/mol. The Balaban J connectivity index is 1.86. The van der Waals surface area contributed by atoms with Gasteiger partial charge in [-0.2, -0.15) is 0 Å². The Morgan fingerprint density at radius 1 is 0.679 bits per heavy atom. The van der Waals surface area contributed by atoms with Crippen molar-refractivity contribution in [1.29, 1.82) is 0 Å². The van der Waals surface area contributed by atoms with Crippen molar-refractivity contribution in [3.63, 3.8) is 0 Å². The number of benzene rings is 3. The Kier molecular flexibility index (Phi) is 3.91. The maximum atomic E-state index is 4.78. The fraction of sp³-hybridized carbons (Fsp3) is 0.0769. The molecule has 28 heavy (non-hydrogen) atoms. The summed E-state index contributed by atoms with van der Waals surface area (Å²) in [5.74, 6) is 0. The van der Waals surface area contributed by atoms with Gasteiger partial charge < -0.3 is 0 Å². The van der Waals surface area contributed by atoms with Gasteiger partial charge in [0.1, 0.15) is 0 Å². The predicted octanol–water partition coefficient (Wildman–Crippen LogP) is 6.73. The fourth-order valence-electron chi connectivity index (χ4n) is 3.93. The van der Waals surface area contributed by atoms with Gasteiger partial charge >= 0.3 is 0 Å². The van der Waals surface area contributed by atoms with E-state index in [-0.39, 0.29) is 0 Å².